The van der Waals surface area contributed by atoms with Gasteiger partial charge in [-0.3, -0.25) is 9.59 Å². The normalized spacial score (nSPS) is 11.8. The SMILES string of the molecule is CCC(=O)OCc1cc(COC(=O)CC)cc(C(C)CC)c1. The second-order valence-electron chi connectivity index (χ2n) is 5.42. The summed E-state index contributed by atoms with van der Waals surface area (Å²) in [6, 6.07) is 6.04. The van der Waals surface area contributed by atoms with Gasteiger partial charge in [0, 0.05) is 12.8 Å². The lowest BCUT2D eigenvalue weighted by Crippen LogP contribution is -2.06. The van der Waals surface area contributed by atoms with Crippen LogP contribution in [0.2, 0.25) is 0 Å². The van der Waals surface area contributed by atoms with Gasteiger partial charge < -0.3 is 9.47 Å². The molecule has 0 spiro atoms. The first kappa shape index (κ1) is 18.2. The van der Waals surface area contributed by atoms with Gasteiger partial charge >= 0.3 is 11.9 Å². The lowest BCUT2D eigenvalue weighted by atomic mass is 9.95. The first-order valence-corrected chi connectivity index (χ1v) is 7.94. The van der Waals surface area contributed by atoms with Crippen LogP contribution in [0.25, 0.3) is 0 Å². The third-order valence-electron chi connectivity index (χ3n) is 3.63. The van der Waals surface area contributed by atoms with Gasteiger partial charge in [0.05, 0.1) is 0 Å². The molecule has 22 heavy (non-hydrogen) atoms. The predicted octanol–water partition coefficient (Wildman–Crippen LogP) is 4.11. The Morgan fingerprint density at radius 1 is 0.909 bits per heavy atom. The number of ether oxygens (including phenoxy) is 2. The van der Waals surface area contributed by atoms with Gasteiger partial charge in [0.25, 0.3) is 0 Å². The number of esters is 2. The maximum atomic E-state index is 11.3. The van der Waals surface area contributed by atoms with Crippen molar-refractivity contribution in [3.63, 3.8) is 0 Å². The lowest BCUT2D eigenvalue weighted by Gasteiger charge is -2.14. The zero-order valence-corrected chi connectivity index (χ0v) is 14.0. The van der Waals surface area contributed by atoms with Crippen molar-refractivity contribution in [2.24, 2.45) is 0 Å². The van der Waals surface area contributed by atoms with E-state index in [1.165, 1.54) is 5.56 Å². The van der Waals surface area contributed by atoms with E-state index in [1.807, 2.05) is 6.07 Å². The third kappa shape index (κ3) is 5.88. The summed E-state index contributed by atoms with van der Waals surface area (Å²) in [7, 11) is 0. The van der Waals surface area contributed by atoms with Crippen molar-refractivity contribution < 1.29 is 19.1 Å². The molecule has 0 aliphatic rings. The molecule has 1 aromatic carbocycles. The summed E-state index contributed by atoms with van der Waals surface area (Å²) in [6.07, 6.45) is 1.75. The van der Waals surface area contributed by atoms with Crippen LogP contribution in [0.5, 0.6) is 0 Å². The van der Waals surface area contributed by atoms with E-state index in [1.54, 1.807) is 13.8 Å². The van der Waals surface area contributed by atoms with Crippen molar-refractivity contribution in [2.45, 2.75) is 66.1 Å². The molecule has 1 unspecified atom stereocenters. The van der Waals surface area contributed by atoms with Crippen molar-refractivity contribution in [1.29, 1.82) is 0 Å². The van der Waals surface area contributed by atoms with Gasteiger partial charge in [0.1, 0.15) is 13.2 Å². The molecule has 0 aliphatic carbocycles. The van der Waals surface area contributed by atoms with Crippen molar-refractivity contribution >= 4 is 11.9 Å². The van der Waals surface area contributed by atoms with Crippen molar-refractivity contribution in [3.8, 4) is 0 Å². The molecule has 1 rings (SSSR count). The van der Waals surface area contributed by atoms with Crippen molar-refractivity contribution in [2.75, 3.05) is 0 Å². The lowest BCUT2D eigenvalue weighted by molar-refractivity contribution is -0.145. The van der Waals surface area contributed by atoms with Gasteiger partial charge in [-0.1, -0.05) is 39.8 Å². The van der Waals surface area contributed by atoms with E-state index in [4.69, 9.17) is 9.47 Å². The second-order valence-corrected chi connectivity index (χ2v) is 5.42. The molecule has 0 heterocycles. The molecule has 0 fully saturated rings. The summed E-state index contributed by atoms with van der Waals surface area (Å²) < 4.78 is 10.4. The van der Waals surface area contributed by atoms with E-state index in [9.17, 15) is 9.59 Å². The quantitative estimate of drug-likeness (QED) is 0.678. The molecule has 0 bridgehead atoms. The molecule has 1 aromatic rings. The Bertz CT molecular complexity index is 470. The van der Waals surface area contributed by atoms with Gasteiger partial charge in [0.15, 0.2) is 0 Å². The molecule has 4 heteroatoms. The van der Waals surface area contributed by atoms with Gasteiger partial charge in [-0.25, -0.2) is 0 Å². The number of benzene rings is 1. The highest BCUT2D eigenvalue weighted by molar-refractivity contribution is 5.69. The average Bonchev–Trinajstić information content (AvgIpc) is 2.56. The van der Waals surface area contributed by atoms with E-state index in [-0.39, 0.29) is 25.2 Å². The first-order chi connectivity index (χ1) is 10.5. The van der Waals surface area contributed by atoms with Gasteiger partial charge in [-0.2, -0.15) is 0 Å². The maximum absolute atomic E-state index is 11.3. The highest BCUT2D eigenvalue weighted by atomic mass is 16.5. The van der Waals surface area contributed by atoms with Crippen LogP contribution in [-0.4, -0.2) is 11.9 Å². The predicted molar refractivity (Wildman–Crippen MR) is 85.3 cm³/mol. The molecular formula is C18H26O4. The maximum Gasteiger partial charge on any atom is 0.305 e. The first-order valence-electron chi connectivity index (χ1n) is 7.94. The molecule has 0 N–H and O–H groups in total. The summed E-state index contributed by atoms with van der Waals surface area (Å²) >= 11 is 0. The van der Waals surface area contributed by atoms with E-state index in [2.05, 4.69) is 26.0 Å². The van der Waals surface area contributed by atoms with E-state index < -0.39 is 0 Å². The highest BCUT2D eigenvalue weighted by Crippen LogP contribution is 2.23. The molecule has 0 radical (unpaired) electrons. The van der Waals surface area contributed by atoms with Gasteiger partial charge in [0.2, 0.25) is 0 Å². The van der Waals surface area contributed by atoms with Gasteiger partial charge in [-0.15, -0.1) is 0 Å². The van der Waals surface area contributed by atoms with Crippen molar-refractivity contribution in [1.82, 2.24) is 0 Å². The molecule has 0 saturated carbocycles. The van der Waals surface area contributed by atoms with Crippen LogP contribution in [0.1, 0.15) is 69.6 Å². The third-order valence-corrected chi connectivity index (χ3v) is 3.63. The Labute approximate surface area is 132 Å². The summed E-state index contributed by atoms with van der Waals surface area (Å²) in [4.78, 5) is 22.6. The number of hydrogen-bond donors (Lipinski definition) is 0. The van der Waals surface area contributed by atoms with Crippen LogP contribution in [0.15, 0.2) is 18.2 Å². The summed E-state index contributed by atoms with van der Waals surface area (Å²) in [6.45, 7) is 8.34. The van der Waals surface area contributed by atoms with Crippen LogP contribution in [0, 0.1) is 0 Å². The fraction of sp³-hybridized carbons (Fsp3) is 0.556. The number of rotatable bonds is 8. The Morgan fingerprint density at radius 3 is 1.73 bits per heavy atom. The minimum atomic E-state index is -0.215. The Balaban J connectivity index is 2.89. The largest absolute Gasteiger partial charge is 0.461 e. The van der Waals surface area contributed by atoms with E-state index >= 15 is 0 Å². The summed E-state index contributed by atoms with van der Waals surface area (Å²) in [5, 5.41) is 0. The van der Waals surface area contributed by atoms with Crippen LogP contribution in [0.4, 0.5) is 0 Å². The Hall–Kier alpha value is -1.84. The monoisotopic (exact) mass is 306 g/mol. The fourth-order valence-corrected chi connectivity index (χ4v) is 2.01. The molecule has 4 nitrogen and oxygen atoms in total. The van der Waals surface area contributed by atoms with Crippen LogP contribution in [-0.2, 0) is 32.3 Å². The Kier molecular flexibility index (Phi) is 7.64. The molecule has 122 valence electrons. The molecule has 0 saturated heterocycles. The minimum absolute atomic E-state index is 0.215. The summed E-state index contributed by atoms with van der Waals surface area (Å²) in [5.74, 6) is -0.0248. The summed E-state index contributed by atoms with van der Waals surface area (Å²) in [5.41, 5.74) is 3.04. The second kappa shape index (κ2) is 9.23. The van der Waals surface area contributed by atoms with Crippen LogP contribution < -0.4 is 0 Å². The number of carbonyl (C=O) groups excluding carboxylic acids is 2. The molecule has 0 aromatic heterocycles. The van der Waals surface area contributed by atoms with Crippen molar-refractivity contribution in [3.05, 3.63) is 34.9 Å². The smallest absolute Gasteiger partial charge is 0.305 e. The number of hydrogen-bond acceptors (Lipinski definition) is 4. The molecule has 1 atom stereocenters. The standard InChI is InChI=1S/C18H26O4/c1-5-13(4)16-9-14(11-21-17(19)6-2)8-15(10-16)12-22-18(20)7-3/h8-10,13H,5-7,11-12H2,1-4H3. The zero-order chi connectivity index (χ0) is 16.5. The Morgan fingerprint density at radius 2 is 1.36 bits per heavy atom. The average molecular weight is 306 g/mol. The fourth-order valence-electron chi connectivity index (χ4n) is 2.01. The molecular weight excluding hydrogens is 280 g/mol. The van der Waals surface area contributed by atoms with Crippen LogP contribution >= 0.6 is 0 Å². The van der Waals surface area contributed by atoms with E-state index in [0.29, 0.717) is 18.8 Å². The number of carbonyl (C=O) groups is 2. The zero-order valence-electron chi connectivity index (χ0n) is 14.0. The molecule has 0 amide bonds. The van der Waals surface area contributed by atoms with Crippen LogP contribution in [0.3, 0.4) is 0 Å². The topological polar surface area (TPSA) is 52.6 Å². The molecule has 0 aliphatic heterocycles. The minimum Gasteiger partial charge on any atom is -0.461 e. The van der Waals surface area contributed by atoms with Gasteiger partial charge in [-0.05, 0) is 35.1 Å². The van der Waals surface area contributed by atoms with E-state index in [0.717, 1.165) is 17.5 Å². The highest BCUT2D eigenvalue weighted by Gasteiger charge is 2.09.